The Labute approximate surface area is 234 Å². The second kappa shape index (κ2) is 18.3. The summed E-state index contributed by atoms with van der Waals surface area (Å²) >= 11 is 0. The molecule has 0 saturated heterocycles. The molecule has 3 rings (SSSR count). The van der Waals surface area contributed by atoms with Crippen LogP contribution in [-0.4, -0.2) is 24.6 Å². The van der Waals surface area contributed by atoms with E-state index in [-0.39, 0.29) is 12.1 Å². The molecule has 0 atom stereocenters. The minimum Gasteiger partial charge on any atom is -0.494 e. The average molecular weight is 535 g/mol. The third kappa shape index (κ3) is 12.5. The summed E-state index contributed by atoms with van der Waals surface area (Å²) < 4.78 is 16.8. The molecule has 0 N–H and O–H groups in total. The Hall–Kier alpha value is -3.08. The highest BCUT2D eigenvalue weighted by molar-refractivity contribution is 5.90. The zero-order chi connectivity index (χ0) is 27.5. The maximum absolute atomic E-state index is 12.3. The largest absolute Gasteiger partial charge is 0.494 e. The van der Waals surface area contributed by atoms with Crippen LogP contribution in [0.3, 0.4) is 0 Å². The van der Waals surface area contributed by atoms with Crippen molar-refractivity contribution in [3.63, 3.8) is 0 Å². The summed E-state index contributed by atoms with van der Waals surface area (Å²) in [7, 11) is 0. The molecular weight excluding hydrogens is 488 g/mol. The zero-order valence-corrected chi connectivity index (χ0v) is 23.7. The van der Waals surface area contributed by atoms with E-state index in [0.717, 1.165) is 50.0 Å². The third-order valence-electron chi connectivity index (χ3n) is 7.19. The number of unbranched alkanes of at least 4 members (excludes halogenated alkanes) is 9. The quantitative estimate of drug-likeness (QED) is 0.0876. The lowest BCUT2D eigenvalue weighted by atomic mass is 9.98. The van der Waals surface area contributed by atoms with Crippen LogP contribution in [0.2, 0.25) is 0 Å². The molecule has 5 nitrogen and oxygen atoms in total. The normalized spacial score (nSPS) is 13.9. The van der Waals surface area contributed by atoms with Crippen LogP contribution < -0.4 is 9.47 Å². The van der Waals surface area contributed by atoms with Crippen molar-refractivity contribution in [2.75, 3.05) is 6.61 Å². The lowest BCUT2D eigenvalue weighted by Gasteiger charge is -2.21. The van der Waals surface area contributed by atoms with Crippen molar-refractivity contribution in [1.82, 2.24) is 0 Å². The van der Waals surface area contributed by atoms with Crippen LogP contribution in [0, 0.1) is 0 Å². The number of hydrogen-bond donors (Lipinski definition) is 0. The van der Waals surface area contributed by atoms with Crippen molar-refractivity contribution >= 4 is 18.0 Å². The standard InChI is InChI=1S/C34H46O5/c1-2-3-4-5-6-7-8-9-10-14-27-37-30-22-17-28(18-23-30)19-26-33(35)38-32-24-20-29(21-25-32)34(36)39-31-15-12-11-13-16-31/h17-26,31H,2-16,27H2,1H3/b26-19+. The number of benzene rings is 2. The highest BCUT2D eigenvalue weighted by atomic mass is 16.5. The van der Waals surface area contributed by atoms with Crippen LogP contribution >= 0.6 is 0 Å². The van der Waals surface area contributed by atoms with E-state index in [0.29, 0.717) is 11.3 Å². The number of rotatable bonds is 17. The van der Waals surface area contributed by atoms with Gasteiger partial charge in [0.25, 0.3) is 0 Å². The predicted molar refractivity (Wildman–Crippen MR) is 157 cm³/mol. The second-order valence-electron chi connectivity index (χ2n) is 10.5. The molecule has 5 heteroatoms. The molecule has 1 aliphatic carbocycles. The molecule has 1 fully saturated rings. The molecule has 0 amide bonds. The van der Waals surface area contributed by atoms with E-state index in [9.17, 15) is 9.59 Å². The number of carbonyl (C=O) groups excluding carboxylic acids is 2. The second-order valence-corrected chi connectivity index (χ2v) is 10.5. The van der Waals surface area contributed by atoms with Crippen LogP contribution in [0.1, 0.15) is 119 Å². The molecule has 0 radical (unpaired) electrons. The Morgan fingerprint density at radius 1 is 0.744 bits per heavy atom. The topological polar surface area (TPSA) is 61.8 Å². The van der Waals surface area contributed by atoms with Gasteiger partial charge in [0.1, 0.15) is 17.6 Å². The van der Waals surface area contributed by atoms with Gasteiger partial charge in [0, 0.05) is 6.08 Å². The van der Waals surface area contributed by atoms with Crippen molar-refractivity contribution in [3.8, 4) is 11.5 Å². The smallest absolute Gasteiger partial charge is 0.338 e. The monoisotopic (exact) mass is 534 g/mol. The summed E-state index contributed by atoms with van der Waals surface area (Å²) in [6, 6.07) is 14.2. The van der Waals surface area contributed by atoms with E-state index >= 15 is 0 Å². The van der Waals surface area contributed by atoms with Gasteiger partial charge in [-0.3, -0.25) is 0 Å². The van der Waals surface area contributed by atoms with Gasteiger partial charge in [-0.15, -0.1) is 0 Å². The minimum absolute atomic E-state index is 0.0130. The Kier molecular flexibility index (Phi) is 14.3. The number of hydrogen-bond acceptors (Lipinski definition) is 5. The predicted octanol–water partition coefficient (Wildman–Crippen LogP) is 9.09. The highest BCUT2D eigenvalue weighted by Crippen LogP contribution is 2.22. The Balaban J connectivity index is 1.29. The van der Waals surface area contributed by atoms with Crippen LogP contribution in [0.25, 0.3) is 6.08 Å². The lowest BCUT2D eigenvalue weighted by molar-refractivity contribution is -0.128. The molecule has 0 spiro atoms. The molecule has 39 heavy (non-hydrogen) atoms. The molecule has 0 aliphatic heterocycles. The van der Waals surface area contributed by atoms with Gasteiger partial charge in [-0.2, -0.15) is 0 Å². The molecule has 2 aromatic rings. The van der Waals surface area contributed by atoms with Crippen LogP contribution in [-0.2, 0) is 9.53 Å². The van der Waals surface area contributed by atoms with Gasteiger partial charge < -0.3 is 14.2 Å². The molecule has 0 bridgehead atoms. The van der Waals surface area contributed by atoms with Gasteiger partial charge in [0.15, 0.2) is 0 Å². The SMILES string of the molecule is CCCCCCCCCCCCOc1ccc(/C=C/C(=O)Oc2ccc(C(=O)OC3CCCCC3)cc2)cc1. The minimum atomic E-state index is -0.478. The van der Waals surface area contributed by atoms with E-state index in [1.807, 2.05) is 24.3 Å². The summed E-state index contributed by atoms with van der Waals surface area (Å²) in [5.41, 5.74) is 1.35. The summed E-state index contributed by atoms with van der Waals surface area (Å²) in [5.74, 6) is 0.423. The third-order valence-corrected chi connectivity index (χ3v) is 7.19. The summed E-state index contributed by atoms with van der Waals surface area (Å²) in [4.78, 5) is 24.6. The van der Waals surface area contributed by atoms with Gasteiger partial charge in [0.2, 0.25) is 0 Å². The van der Waals surface area contributed by atoms with E-state index in [1.165, 1.54) is 70.3 Å². The first-order valence-electron chi connectivity index (χ1n) is 15.1. The molecule has 1 saturated carbocycles. The van der Waals surface area contributed by atoms with Gasteiger partial charge in [0.05, 0.1) is 12.2 Å². The summed E-state index contributed by atoms with van der Waals surface area (Å²) in [6.07, 6.45) is 21.5. The molecular formula is C34H46O5. The van der Waals surface area contributed by atoms with Gasteiger partial charge in [-0.1, -0.05) is 83.3 Å². The molecule has 2 aromatic carbocycles. The van der Waals surface area contributed by atoms with E-state index in [1.54, 1.807) is 30.3 Å². The first-order chi connectivity index (χ1) is 19.1. The molecule has 0 unspecified atom stereocenters. The highest BCUT2D eigenvalue weighted by Gasteiger charge is 2.18. The van der Waals surface area contributed by atoms with Gasteiger partial charge in [-0.25, -0.2) is 9.59 Å². The fraction of sp³-hybridized carbons (Fsp3) is 0.529. The maximum Gasteiger partial charge on any atom is 0.338 e. The van der Waals surface area contributed by atoms with Crippen LogP contribution in [0.4, 0.5) is 0 Å². The number of carbonyl (C=O) groups is 2. The molecule has 0 heterocycles. The fourth-order valence-electron chi connectivity index (χ4n) is 4.83. The molecule has 1 aliphatic rings. The van der Waals surface area contributed by atoms with Gasteiger partial charge in [-0.05, 0) is 80.1 Å². The van der Waals surface area contributed by atoms with Crippen LogP contribution in [0.15, 0.2) is 54.6 Å². The molecule has 0 aromatic heterocycles. The summed E-state index contributed by atoms with van der Waals surface area (Å²) in [6.45, 7) is 2.99. The Morgan fingerprint density at radius 3 is 1.97 bits per heavy atom. The van der Waals surface area contributed by atoms with Crippen molar-refractivity contribution in [1.29, 1.82) is 0 Å². The average Bonchev–Trinajstić information content (AvgIpc) is 2.96. The zero-order valence-electron chi connectivity index (χ0n) is 23.7. The first kappa shape index (κ1) is 30.5. The van der Waals surface area contributed by atoms with Crippen molar-refractivity contribution in [2.24, 2.45) is 0 Å². The number of ether oxygens (including phenoxy) is 3. The first-order valence-corrected chi connectivity index (χ1v) is 15.1. The summed E-state index contributed by atoms with van der Waals surface area (Å²) in [5, 5.41) is 0. The lowest BCUT2D eigenvalue weighted by Crippen LogP contribution is -2.20. The maximum atomic E-state index is 12.3. The van der Waals surface area contributed by atoms with E-state index in [2.05, 4.69) is 6.92 Å². The Bertz CT molecular complexity index is 987. The fourth-order valence-corrected chi connectivity index (χ4v) is 4.83. The van der Waals surface area contributed by atoms with Crippen molar-refractivity contribution in [3.05, 3.63) is 65.7 Å². The van der Waals surface area contributed by atoms with Crippen LogP contribution in [0.5, 0.6) is 11.5 Å². The Morgan fingerprint density at radius 2 is 1.33 bits per heavy atom. The number of esters is 2. The van der Waals surface area contributed by atoms with Crippen molar-refractivity contribution in [2.45, 2.75) is 109 Å². The molecule has 212 valence electrons. The van der Waals surface area contributed by atoms with Crippen molar-refractivity contribution < 1.29 is 23.8 Å². The van der Waals surface area contributed by atoms with E-state index < -0.39 is 5.97 Å². The van der Waals surface area contributed by atoms with E-state index in [4.69, 9.17) is 14.2 Å². The van der Waals surface area contributed by atoms with Gasteiger partial charge >= 0.3 is 11.9 Å².